The molecule has 0 N–H and O–H groups in total. The maximum absolute atomic E-state index is 12.0. The molecule has 6 heteroatoms. The Morgan fingerprint density at radius 3 is 2.88 bits per heavy atom. The first-order valence-corrected chi connectivity index (χ1v) is 9.08. The van der Waals surface area contributed by atoms with Crippen LogP contribution in [0, 0.1) is 5.92 Å². The normalized spacial score (nSPS) is 17.2. The lowest BCUT2D eigenvalue weighted by Gasteiger charge is -2.15. The summed E-state index contributed by atoms with van der Waals surface area (Å²) in [6.07, 6.45) is 8.23. The molecule has 1 aliphatic rings. The van der Waals surface area contributed by atoms with Gasteiger partial charge in [-0.05, 0) is 24.6 Å². The highest BCUT2D eigenvalue weighted by Gasteiger charge is 2.28. The van der Waals surface area contributed by atoms with Gasteiger partial charge in [0.15, 0.2) is 0 Å². The van der Waals surface area contributed by atoms with Crippen LogP contribution in [0.2, 0.25) is 0 Å². The van der Waals surface area contributed by atoms with Crippen molar-refractivity contribution in [2.24, 2.45) is 5.92 Å². The fourth-order valence-corrected chi connectivity index (χ4v) is 3.67. The average Bonchev–Trinajstić information content (AvgIpc) is 3.37. The van der Waals surface area contributed by atoms with Crippen molar-refractivity contribution in [2.75, 3.05) is 13.1 Å². The summed E-state index contributed by atoms with van der Waals surface area (Å²) < 4.78 is 4.08. The van der Waals surface area contributed by atoms with Crippen LogP contribution in [0.25, 0.3) is 11.4 Å². The van der Waals surface area contributed by atoms with E-state index in [0.717, 1.165) is 37.6 Å². The average molecular weight is 349 g/mol. The lowest BCUT2D eigenvalue weighted by molar-refractivity contribution is -0.127. The van der Waals surface area contributed by atoms with Gasteiger partial charge in [-0.3, -0.25) is 9.48 Å². The molecular weight excluding hydrogens is 326 g/mol. The van der Waals surface area contributed by atoms with Crippen LogP contribution in [0.3, 0.4) is 0 Å². The molecule has 134 valence electrons. The molecule has 1 saturated heterocycles. The van der Waals surface area contributed by atoms with E-state index in [2.05, 4.69) is 38.9 Å². The number of nitrogens with zero attached hydrogens (tertiary/aromatic N) is 5. The standard InChI is InChI=1S/C20H23N5O/c1-2-23-13-17(12-19(23)26)14-24-10-8-21-20(24)18-6-3-5-16(11-18)15-25-9-4-7-22-25/h3-11,17H,2,12-15H2,1H3/t17-/m1/s1. The third-order valence-corrected chi connectivity index (χ3v) is 4.94. The van der Waals surface area contributed by atoms with Crippen molar-refractivity contribution in [2.45, 2.75) is 26.4 Å². The number of carbonyl (C=O) groups is 1. The van der Waals surface area contributed by atoms with Gasteiger partial charge >= 0.3 is 0 Å². The Balaban J connectivity index is 1.52. The van der Waals surface area contributed by atoms with Crippen LogP contribution in [-0.4, -0.2) is 43.2 Å². The van der Waals surface area contributed by atoms with Crippen LogP contribution in [0.15, 0.2) is 55.1 Å². The second-order valence-corrected chi connectivity index (χ2v) is 6.81. The predicted molar refractivity (Wildman–Crippen MR) is 99.4 cm³/mol. The molecule has 1 aliphatic heterocycles. The number of hydrogen-bond acceptors (Lipinski definition) is 3. The maximum atomic E-state index is 12.0. The SMILES string of the molecule is CCN1C[C@H](Cn2ccnc2-c2cccc(Cn3cccn3)c2)CC1=O. The molecule has 0 aliphatic carbocycles. The van der Waals surface area contributed by atoms with E-state index in [-0.39, 0.29) is 5.91 Å². The molecule has 0 saturated carbocycles. The number of likely N-dealkylation sites (tertiary alicyclic amines) is 1. The van der Waals surface area contributed by atoms with Gasteiger partial charge in [0.05, 0.1) is 6.54 Å². The van der Waals surface area contributed by atoms with Gasteiger partial charge in [0.25, 0.3) is 0 Å². The number of rotatable bonds is 6. The topological polar surface area (TPSA) is 56.0 Å². The lowest BCUT2D eigenvalue weighted by Crippen LogP contribution is -2.25. The zero-order valence-corrected chi connectivity index (χ0v) is 15.0. The number of hydrogen-bond donors (Lipinski definition) is 0. The van der Waals surface area contributed by atoms with Crippen molar-refractivity contribution in [1.29, 1.82) is 0 Å². The first-order chi connectivity index (χ1) is 12.7. The van der Waals surface area contributed by atoms with Gasteiger partial charge in [0, 0.05) is 62.3 Å². The second kappa shape index (κ2) is 7.15. The molecule has 3 aromatic rings. The van der Waals surface area contributed by atoms with E-state index in [4.69, 9.17) is 0 Å². The predicted octanol–water partition coefficient (Wildman–Crippen LogP) is 2.66. The van der Waals surface area contributed by atoms with E-state index in [0.29, 0.717) is 12.3 Å². The Morgan fingerprint density at radius 1 is 1.19 bits per heavy atom. The Labute approximate surface area is 153 Å². The van der Waals surface area contributed by atoms with Crippen molar-refractivity contribution >= 4 is 5.91 Å². The van der Waals surface area contributed by atoms with Crippen molar-refractivity contribution in [1.82, 2.24) is 24.2 Å². The number of benzene rings is 1. The van der Waals surface area contributed by atoms with Gasteiger partial charge < -0.3 is 9.47 Å². The van der Waals surface area contributed by atoms with Crippen LogP contribution >= 0.6 is 0 Å². The highest BCUT2D eigenvalue weighted by atomic mass is 16.2. The Morgan fingerprint density at radius 2 is 2.12 bits per heavy atom. The van der Waals surface area contributed by atoms with Gasteiger partial charge in [-0.2, -0.15) is 5.10 Å². The molecule has 6 nitrogen and oxygen atoms in total. The summed E-state index contributed by atoms with van der Waals surface area (Å²) in [5.41, 5.74) is 2.28. The minimum absolute atomic E-state index is 0.264. The zero-order chi connectivity index (χ0) is 17.9. The monoisotopic (exact) mass is 349 g/mol. The summed E-state index contributed by atoms with van der Waals surface area (Å²) in [7, 11) is 0. The summed E-state index contributed by atoms with van der Waals surface area (Å²) in [5.74, 6) is 1.57. The van der Waals surface area contributed by atoms with Gasteiger partial charge in [-0.15, -0.1) is 0 Å². The first kappa shape index (κ1) is 16.6. The molecule has 0 unspecified atom stereocenters. The summed E-state index contributed by atoms with van der Waals surface area (Å²) in [4.78, 5) is 18.5. The Hall–Kier alpha value is -2.89. The number of aromatic nitrogens is 4. The minimum atomic E-state index is 0.264. The van der Waals surface area contributed by atoms with Crippen molar-refractivity contribution in [3.63, 3.8) is 0 Å². The summed E-state index contributed by atoms with van der Waals surface area (Å²) >= 11 is 0. The molecule has 26 heavy (non-hydrogen) atoms. The number of amides is 1. The van der Waals surface area contributed by atoms with E-state index in [9.17, 15) is 4.79 Å². The van der Waals surface area contributed by atoms with Crippen molar-refractivity contribution < 1.29 is 4.79 Å². The number of imidazole rings is 1. The fourth-order valence-electron chi connectivity index (χ4n) is 3.67. The molecular formula is C20H23N5O. The van der Waals surface area contributed by atoms with E-state index in [1.807, 2.05) is 41.2 Å². The number of carbonyl (C=O) groups excluding carboxylic acids is 1. The first-order valence-electron chi connectivity index (χ1n) is 9.08. The Bertz CT molecular complexity index is 883. The van der Waals surface area contributed by atoms with E-state index in [1.54, 1.807) is 6.20 Å². The Kier molecular flexibility index (Phi) is 4.56. The van der Waals surface area contributed by atoms with Crippen LogP contribution in [0.4, 0.5) is 0 Å². The summed E-state index contributed by atoms with van der Waals surface area (Å²) in [5, 5.41) is 4.27. The molecule has 0 radical (unpaired) electrons. The molecule has 4 rings (SSSR count). The summed E-state index contributed by atoms with van der Waals surface area (Å²) in [6.45, 7) is 5.23. The third-order valence-electron chi connectivity index (χ3n) is 4.94. The minimum Gasteiger partial charge on any atom is -0.343 e. The smallest absolute Gasteiger partial charge is 0.222 e. The van der Waals surface area contributed by atoms with Crippen molar-refractivity contribution in [3.8, 4) is 11.4 Å². The van der Waals surface area contributed by atoms with Gasteiger partial charge in [-0.25, -0.2) is 4.98 Å². The molecule has 3 heterocycles. The lowest BCUT2D eigenvalue weighted by atomic mass is 10.1. The molecule has 0 bridgehead atoms. The van der Waals surface area contributed by atoms with Gasteiger partial charge in [0.1, 0.15) is 5.82 Å². The maximum Gasteiger partial charge on any atom is 0.222 e. The molecule has 1 atom stereocenters. The van der Waals surface area contributed by atoms with E-state index < -0.39 is 0 Å². The van der Waals surface area contributed by atoms with Crippen LogP contribution < -0.4 is 0 Å². The van der Waals surface area contributed by atoms with Gasteiger partial charge in [0.2, 0.25) is 5.91 Å². The van der Waals surface area contributed by atoms with Crippen LogP contribution in [0.1, 0.15) is 18.9 Å². The molecule has 1 fully saturated rings. The van der Waals surface area contributed by atoms with Gasteiger partial charge in [-0.1, -0.05) is 18.2 Å². The molecule has 0 spiro atoms. The highest BCUT2D eigenvalue weighted by molar-refractivity contribution is 5.78. The van der Waals surface area contributed by atoms with E-state index in [1.165, 1.54) is 5.56 Å². The van der Waals surface area contributed by atoms with Crippen molar-refractivity contribution in [3.05, 3.63) is 60.7 Å². The molecule has 1 amide bonds. The molecule has 2 aromatic heterocycles. The summed E-state index contributed by atoms with van der Waals surface area (Å²) in [6, 6.07) is 10.3. The zero-order valence-electron chi connectivity index (χ0n) is 15.0. The van der Waals surface area contributed by atoms with Crippen LogP contribution in [-0.2, 0) is 17.9 Å². The third kappa shape index (κ3) is 3.40. The fraction of sp³-hybridized carbons (Fsp3) is 0.350. The quantitative estimate of drug-likeness (QED) is 0.687. The highest BCUT2D eigenvalue weighted by Crippen LogP contribution is 2.24. The molecule has 1 aromatic carbocycles. The second-order valence-electron chi connectivity index (χ2n) is 6.81. The van der Waals surface area contributed by atoms with Crippen LogP contribution in [0.5, 0.6) is 0 Å². The van der Waals surface area contributed by atoms with E-state index >= 15 is 0 Å². The largest absolute Gasteiger partial charge is 0.343 e.